The molecular weight excluding hydrogens is 292 g/mol. The third-order valence-electron chi connectivity index (χ3n) is 3.94. The molecule has 0 aliphatic carbocycles. The van der Waals surface area contributed by atoms with E-state index in [4.69, 9.17) is 9.47 Å². The molecule has 0 atom stereocenters. The molecule has 0 bridgehead atoms. The Bertz CT molecular complexity index is 327. The van der Waals surface area contributed by atoms with Gasteiger partial charge in [0.25, 0.3) is 0 Å². The van der Waals surface area contributed by atoms with Crippen LogP contribution in [0.5, 0.6) is 0 Å². The van der Waals surface area contributed by atoms with Crippen LogP contribution in [0.2, 0.25) is 0 Å². The molecule has 0 aromatic rings. The Kier molecular flexibility index (Phi) is 12.4. The average Bonchev–Trinajstić information content (AvgIpc) is 2.54. The summed E-state index contributed by atoms with van der Waals surface area (Å²) in [6.45, 7) is 10.6. The number of unbranched alkanes of at least 4 members (excludes halogenated alkanes) is 4. The molecule has 0 unspecified atom stereocenters. The van der Waals surface area contributed by atoms with Crippen molar-refractivity contribution in [2.45, 2.75) is 78.6 Å². The van der Waals surface area contributed by atoms with Gasteiger partial charge in [0.1, 0.15) is 0 Å². The summed E-state index contributed by atoms with van der Waals surface area (Å²) < 4.78 is 10.7. The van der Waals surface area contributed by atoms with Crippen molar-refractivity contribution >= 4 is 11.9 Å². The van der Waals surface area contributed by atoms with Crippen molar-refractivity contribution in [1.29, 1.82) is 0 Å². The molecule has 23 heavy (non-hydrogen) atoms. The molecule has 0 N–H and O–H groups in total. The van der Waals surface area contributed by atoms with Crippen molar-refractivity contribution in [3.63, 3.8) is 0 Å². The molecule has 0 amide bonds. The van der Waals surface area contributed by atoms with Crippen LogP contribution in [0.15, 0.2) is 12.7 Å². The minimum Gasteiger partial charge on any atom is -0.465 e. The predicted octanol–water partition coefficient (Wildman–Crippen LogP) is 4.82. The highest BCUT2D eigenvalue weighted by Gasteiger charge is 2.47. The third-order valence-corrected chi connectivity index (χ3v) is 3.94. The minimum atomic E-state index is -1.22. The zero-order valence-electron chi connectivity index (χ0n) is 15.2. The highest BCUT2D eigenvalue weighted by Crippen LogP contribution is 2.33. The van der Waals surface area contributed by atoms with E-state index in [-0.39, 0.29) is 6.42 Å². The summed E-state index contributed by atoms with van der Waals surface area (Å²) in [6.07, 6.45) is 8.64. The molecule has 0 rings (SSSR count). The van der Waals surface area contributed by atoms with E-state index >= 15 is 0 Å². The Balaban J connectivity index is 5.10. The van der Waals surface area contributed by atoms with Crippen LogP contribution in [0.1, 0.15) is 78.6 Å². The number of ether oxygens (including phenoxy) is 2. The van der Waals surface area contributed by atoms with E-state index in [2.05, 4.69) is 13.5 Å². The first-order chi connectivity index (χ1) is 11.1. The van der Waals surface area contributed by atoms with E-state index in [0.29, 0.717) is 19.6 Å². The lowest BCUT2D eigenvalue weighted by molar-refractivity contribution is -0.173. The molecule has 0 saturated carbocycles. The molecule has 0 saturated heterocycles. The van der Waals surface area contributed by atoms with Crippen LogP contribution in [-0.2, 0) is 19.1 Å². The molecule has 0 aliphatic heterocycles. The van der Waals surface area contributed by atoms with Crippen molar-refractivity contribution in [2.24, 2.45) is 5.41 Å². The Hall–Kier alpha value is -1.32. The van der Waals surface area contributed by atoms with E-state index in [9.17, 15) is 9.59 Å². The average molecular weight is 326 g/mol. The van der Waals surface area contributed by atoms with Gasteiger partial charge in [-0.3, -0.25) is 9.59 Å². The summed E-state index contributed by atoms with van der Waals surface area (Å²) in [5.41, 5.74) is -1.22. The molecule has 0 aromatic heterocycles. The van der Waals surface area contributed by atoms with Crippen molar-refractivity contribution < 1.29 is 19.1 Å². The standard InChI is InChI=1S/C19H34O4/c1-5-9-12-14-19(13-8-4,17(20)22-15-10-6-2)18(21)23-16-11-7-3/h8H,4-7,9-16H2,1-3H3. The summed E-state index contributed by atoms with van der Waals surface area (Å²) in [5, 5.41) is 0. The quantitative estimate of drug-likeness (QED) is 0.199. The Morgan fingerprint density at radius 2 is 1.35 bits per heavy atom. The van der Waals surface area contributed by atoms with Gasteiger partial charge in [-0.15, -0.1) is 6.58 Å². The van der Waals surface area contributed by atoms with Crippen LogP contribution in [0.3, 0.4) is 0 Å². The van der Waals surface area contributed by atoms with Crippen LogP contribution in [0, 0.1) is 5.41 Å². The predicted molar refractivity (Wildman–Crippen MR) is 93.1 cm³/mol. The van der Waals surface area contributed by atoms with E-state index < -0.39 is 17.4 Å². The second-order valence-corrected chi connectivity index (χ2v) is 6.01. The number of carbonyl (C=O) groups is 2. The van der Waals surface area contributed by atoms with E-state index in [1.54, 1.807) is 6.08 Å². The summed E-state index contributed by atoms with van der Waals surface area (Å²) in [4.78, 5) is 25.3. The maximum atomic E-state index is 12.6. The zero-order chi connectivity index (χ0) is 17.6. The Morgan fingerprint density at radius 3 is 1.74 bits per heavy atom. The van der Waals surface area contributed by atoms with Crippen molar-refractivity contribution in [3.8, 4) is 0 Å². The van der Waals surface area contributed by atoms with Crippen molar-refractivity contribution in [2.75, 3.05) is 13.2 Å². The fourth-order valence-electron chi connectivity index (χ4n) is 2.37. The maximum Gasteiger partial charge on any atom is 0.323 e. The third kappa shape index (κ3) is 7.67. The molecule has 4 nitrogen and oxygen atoms in total. The molecule has 4 heteroatoms. The van der Waals surface area contributed by atoms with Gasteiger partial charge in [-0.25, -0.2) is 0 Å². The van der Waals surface area contributed by atoms with E-state index in [1.165, 1.54) is 0 Å². The van der Waals surface area contributed by atoms with Gasteiger partial charge in [0.05, 0.1) is 13.2 Å². The second-order valence-electron chi connectivity index (χ2n) is 6.01. The first-order valence-electron chi connectivity index (χ1n) is 9.04. The number of hydrogen-bond donors (Lipinski definition) is 0. The molecule has 0 radical (unpaired) electrons. The number of carbonyl (C=O) groups excluding carboxylic acids is 2. The van der Waals surface area contributed by atoms with Gasteiger partial charge in [0, 0.05) is 0 Å². The first kappa shape index (κ1) is 21.7. The number of allylic oxidation sites excluding steroid dienone is 1. The van der Waals surface area contributed by atoms with Gasteiger partial charge in [-0.05, 0) is 25.7 Å². The van der Waals surface area contributed by atoms with Crippen LogP contribution in [0.4, 0.5) is 0 Å². The van der Waals surface area contributed by atoms with Crippen LogP contribution >= 0.6 is 0 Å². The maximum absolute atomic E-state index is 12.6. The van der Waals surface area contributed by atoms with Gasteiger partial charge in [0.15, 0.2) is 5.41 Å². The lowest BCUT2D eigenvalue weighted by atomic mass is 9.79. The molecular formula is C19H34O4. The normalized spacial score (nSPS) is 11.1. The van der Waals surface area contributed by atoms with Gasteiger partial charge < -0.3 is 9.47 Å². The zero-order valence-corrected chi connectivity index (χ0v) is 15.2. The molecule has 0 spiro atoms. The topological polar surface area (TPSA) is 52.6 Å². The Morgan fingerprint density at radius 1 is 0.870 bits per heavy atom. The highest BCUT2D eigenvalue weighted by atomic mass is 16.6. The molecule has 134 valence electrons. The summed E-state index contributed by atoms with van der Waals surface area (Å²) in [6, 6.07) is 0. The molecule has 0 fully saturated rings. The molecule has 0 aromatic carbocycles. The fraction of sp³-hybridized carbons (Fsp3) is 0.789. The van der Waals surface area contributed by atoms with Gasteiger partial charge >= 0.3 is 11.9 Å². The van der Waals surface area contributed by atoms with Gasteiger partial charge in [-0.1, -0.05) is 59.0 Å². The number of rotatable bonds is 14. The second kappa shape index (κ2) is 13.1. The molecule has 0 aliphatic rings. The number of hydrogen-bond acceptors (Lipinski definition) is 4. The molecule has 0 heterocycles. The Labute approximate surface area is 141 Å². The van der Waals surface area contributed by atoms with Gasteiger partial charge in [0.2, 0.25) is 0 Å². The van der Waals surface area contributed by atoms with Gasteiger partial charge in [-0.2, -0.15) is 0 Å². The van der Waals surface area contributed by atoms with Crippen LogP contribution < -0.4 is 0 Å². The highest BCUT2D eigenvalue weighted by molar-refractivity contribution is 6.00. The fourth-order valence-corrected chi connectivity index (χ4v) is 2.37. The van der Waals surface area contributed by atoms with E-state index in [1.807, 2.05) is 13.8 Å². The van der Waals surface area contributed by atoms with E-state index in [0.717, 1.165) is 44.9 Å². The smallest absolute Gasteiger partial charge is 0.323 e. The first-order valence-corrected chi connectivity index (χ1v) is 9.04. The number of esters is 2. The summed E-state index contributed by atoms with van der Waals surface area (Å²) >= 11 is 0. The lowest BCUT2D eigenvalue weighted by Crippen LogP contribution is -2.42. The van der Waals surface area contributed by atoms with Crippen molar-refractivity contribution in [1.82, 2.24) is 0 Å². The van der Waals surface area contributed by atoms with Crippen molar-refractivity contribution in [3.05, 3.63) is 12.7 Å². The largest absolute Gasteiger partial charge is 0.465 e. The summed E-state index contributed by atoms with van der Waals surface area (Å²) in [5.74, 6) is -0.910. The van der Waals surface area contributed by atoms with Crippen LogP contribution in [0.25, 0.3) is 0 Å². The minimum absolute atomic E-state index is 0.270. The monoisotopic (exact) mass is 326 g/mol. The summed E-state index contributed by atoms with van der Waals surface area (Å²) in [7, 11) is 0. The lowest BCUT2D eigenvalue weighted by Gasteiger charge is -2.28. The SMILES string of the molecule is C=CCC(CCCCC)(C(=O)OCCCC)C(=O)OCCCC. The van der Waals surface area contributed by atoms with Crippen LogP contribution in [-0.4, -0.2) is 25.2 Å².